The maximum absolute atomic E-state index is 13.3. The summed E-state index contributed by atoms with van der Waals surface area (Å²) < 4.78 is 26.2. The number of nitrogens with two attached hydrogens (primary N) is 1. The average Bonchev–Trinajstić information content (AvgIpc) is 2.26. The molecule has 1 aliphatic carbocycles. The zero-order valence-corrected chi connectivity index (χ0v) is 9.76. The van der Waals surface area contributed by atoms with Crippen LogP contribution >= 0.6 is 0 Å². The third-order valence-electron chi connectivity index (χ3n) is 3.28. The van der Waals surface area contributed by atoms with E-state index in [4.69, 9.17) is 5.73 Å². The van der Waals surface area contributed by atoms with E-state index >= 15 is 0 Å². The maximum Gasteiger partial charge on any atom is 0.126 e. The molecular formula is C13H18F2N2. The van der Waals surface area contributed by atoms with E-state index in [0.717, 1.165) is 25.5 Å². The summed E-state index contributed by atoms with van der Waals surface area (Å²) in [7, 11) is 0. The van der Waals surface area contributed by atoms with Crippen molar-refractivity contribution in [3.05, 3.63) is 35.4 Å². The van der Waals surface area contributed by atoms with Crippen LogP contribution in [0.25, 0.3) is 0 Å². The minimum atomic E-state index is -0.383. The molecular weight excluding hydrogens is 222 g/mol. The van der Waals surface area contributed by atoms with Crippen LogP contribution < -0.4 is 11.1 Å². The molecule has 0 aromatic heterocycles. The highest BCUT2D eigenvalue weighted by Gasteiger charge is 2.24. The van der Waals surface area contributed by atoms with Gasteiger partial charge < -0.3 is 11.1 Å². The number of nitrogens with one attached hydrogen (secondary N) is 1. The average molecular weight is 240 g/mol. The Balaban J connectivity index is 1.69. The Morgan fingerprint density at radius 2 is 2.06 bits per heavy atom. The second-order valence-corrected chi connectivity index (χ2v) is 4.79. The highest BCUT2D eigenvalue weighted by molar-refractivity contribution is 5.18. The molecule has 2 nitrogen and oxygen atoms in total. The number of rotatable bonds is 5. The van der Waals surface area contributed by atoms with Crippen LogP contribution in [-0.4, -0.2) is 19.1 Å². The van der Waals surface area contributed by atoms with Gasteiger partial charge in [-0.05, 0) is 62.0 Å². The number of benzene rings is 1. The second-order valence-electron chi connectivity index (χ2n) is 4.79. The molecule has 0 bridgehead atoms. The van der Waals surface area contributed by atoms with E-state index in [1.54, 1.807) is 0 Å². The molecule has 4 heteroatoms. The van der Waals surface area contributed by atoms with Gasteiger partial charge in [-0.15, -0.1) is 0 Å². The van der Waals surface area contributed by atoms with Crippen molar-refractivity contribution in [2.75, 3.05) is 13.1 Å². The van der Waals surface area contributed by atoms with E-state index in [2.05, 4.69) is 5.32 Å². The summed E-state index contributed by atoms with van der Waals surface area (Å²) in [5.41, 5.74) is 6.11. The topological polar surface area (TPSA) is 38.0 Å². The Morgan fingerprint density at radius 1 is 1.29 bits per heavy atom. The molecule has 1 saturated carbocycles. The first-order valence-electron chi connectivity index (χ1n) is 6.05. The summed E-state index contributed by atoms with van der Waals surface area (Å²) in [4.78, 5) is 0. The van der Waals surface area contributed by atoms with Crippen LogP contribution in [0.5, 0.6) is 0 Å². The van der Waals surface area contributed by atoms with Gasteiger partial charge in [0.1, 0.15) is 11.6 Å². The molecule has 0 amide bonds. The largest absolute Gasteiger partial charge is 0.328 e. The van der Waals surface area contributed by atoms with Gasteiger partial charge in [-0.25, -0.2) is 8.78 Å². The predicted molar refractivity (Wildman–Crippen MR) is 63.6 cm³/mol. The first kappa shape index (κ1) is 12.5. The van der Waals surface area contributed by atoms with Gasteiger partial charge >= 0.3 is 0 Å². The molecule has 2 rings (SSSR count). The quantitative estimate of drug-likeness (QED) is 0.771. The number of hydrogen-bond donors (Lipinski definition) is 2. The van der Waals surface area contributed by atoms with Crippen molar-refractivity contribution in [1.82, 2.24) is 5.32 Å². The van der Waals surface area contributed by atoms with Crippen LogP contribution in [0.2, 0.25) is 0 Å². The molecule has 0 radical (unpaired) electrons. The molecule has 1 fully saturated rings. The van der Waals surface area contributed by atoms with Crippen LogP contribution in [0.3, 0.4) is 0 Å². The van der Waals surface area contributed by atoms with E-state index in [0.29, 0.717) is 30.5 Å². The molecule has 0 unspecified atom stereocenters. The first-order valence-corrected chi connectivity index (χ1v) is 6.05. The highest BCUT2D eigenvalue weighted by Crippen LogP contribution is 2.24. The molecule has 0 aliphatic heterocycles. The Kier molecular flexibility index (Phi) is 4.07. The van der Waals surface area contributed by atoms with E-state index < -0.39 is 0 Å². The van der Waals surface area contributed by atoms with Gasteiger partial charge in [-0.3, -0.25) is 0 Å². The molecule has 0 heterocycles. The SMILES string of the molecule is NC1CC(CNCCc2cc(F)ccc2F)C1. The third kappa shape index (κ3) is 3.48. The molecule has 94 valence electrons. The Hall–Kier alpha value is -1.00. The van der Waals surface area contributed by atoms with Crippen molar-refractivity contribution >= 4 is 0 Å². The van der Waals surface area contributed by atoms with Gasteiger partial charge in [0.2, 0.25) is 0 Å². The van der Waals surface area contributed by atoms with Crippen LogP contribution in [0.1, 0.15) is 18.4 Å². The van der Waals surface area contributed by atoms with Crippen molar-refractivity contribution in [2.24, 2.45) is 11.7 Å². The summed E-state index contributed by atoms with van der Waals surface area (Å²) >= 11 is 0. The Bertz CT molecular complexity index is 376. The summed E-state index contributed by atoms with van der Waals surface area (Å²) in [6.45, 7) is 1.59. The van der Waals surface area contributed by atoms with Crippen LogP contribution in [0.15, 0.2) is 18.2 Å². The zero-order valence-electron chi connectivity index (χ0n) is 9.76. The lowest BCUT2D eigenvalue weighted by Gasteiger charge is -2.32. The third-order valence-corrected chi connectivity index (χ3v) is 3.28. The van der Waals surface area contributed by atoms with E-state index in [1.807, 2.05) is 0 Å². The number of halogens is 2. The molecule has 1 aromatic rings. The van der Waals surface area contributed by atoms with Gasteiger partial charge in [-0.2, -0.15) is 0 Å². The molecule has 3 N–H and O–H groups in total. The molecule has 1 aromatic carbocycles. The van der Waals surface area contributed by atoms with E-state index in [9.17, 15) is 8.78 Å². The lowest BCUT2D eigenvalue weighted by atomic mass is 9.81. The van der Waals surface area contributed by atoms with Crippen molar-refractivity contribution in [1.29, 1.82) is 0 Å². The summed E-state index contributed by atoms with van der Waals surface area (Å²) in [6.07, 6.45) is 2.66. The normalized spacial score (nSPS) is 23.5. The van der Waals surface area contributed by atoms with Crippen LogP contribution in [-0.2, 0) is 6.42 Å². The van der Waals surface area contributed by atoms with Gasteiger partial charge in [-0.1, -0.05) is 0 Å². The van der Waals surface area contributed by atoms with Crippen molar-refractivity contribution in [2.45, 2.75) is 25.3 Å². The smallest absolute Gasteiger partial charge is 0.126 e. The van der Waals surface area contributed by atoms with Gasteiger partial charge in [0.05, 0.1) is 0 Å². The summed E-state index contributed by atoms with van der Waals surface area (Å²) in [5, 5.41) is 3.26. The highest BCUT2D eigenvalue weighted by atomic mass is 19.1. The minimum Gasteiger partial charge on any atom is -0.328 e. The van der Waals surface area contributed by atoms with Crippen LogP contribution in [0, 0.1) is 17.6 Å². The second kappa shape index (κ2) is 5.56. The molecule has 0 atom stereocenters. The fourth-order valence-electron chi connectivity index (χ4n) is 2.22. The predicted octanol–water partition coefficient (Wildman–Crippen LogP) is 1.83. The molecule has 0 saturated heterocycles. The first-order chi connectivity index (χ1) is 8.15. The van der Waals surface area contributed by atoms with Crippen molar-refractivity contribution in [3.8, 4) is 0 Å². The lowest BCUT2D eigenvalue weighted by Crippen LogP contribution is -2.41. The van der Waals surface area contributed by atoms with Crippen molar-refractivity contribution in [3.63, 3.8) is 0 Å². The van der Waals surface area contributed by atoms with Gasteiger partial charge in [0.15, 0.2) is 0 Å². The fourth-order valence-corrected chi connectivity index (χ4v) is 2.22. The fraction of sp³-hybridized carbons (Fsp3) is 0.538. The van der Waals surface area contributed by atoms with E-state index in [1.165, 1.54) is 12.1 Å². The summed E-state index contributed by atoms with van der Waals surface area (Å²) in [5.74, 6) is -0.0624. The maximum atomic E-state index is 13.3. The summed E-state index contributed by atoms with van der Waals surface area (Å²) in [6, 6.07) is 3.94. The Morgan fingerprint density at radius 3 is 2.76 bits per heavy atom. The number of hydrogen-bond acceptors (Lipinski definition) is 2. The van der Waals surface area contributed by atoms with E-state index in [-0.39, 0.29) is 11.6 Å². The van der Waals surface area contributed by atoms with Gasteiger partial charge in [0, 0.05) is 6.04 Å². The van der Waals surface area contributed by atoms with Crippen LogP contribution in [0.4, 0.5) is 8.78 Å². The van der Waals surface area contributed by atoms with Crippen molar-refractivity contribution < 1.29 is 8.78 Å². The minimum absolute atomic E-state index is 0.334. The van der Waals surface area contributed by atoms with Gasteiger partial charge in [0.25, 0.3) is 0 Å². The Labute approximate surface area is 100 Å². The molecule has 0 spiro atoms. The molecule has 1 aliphatic rings. The zero-order chi connectivity index (χ0) is 12.3. The lowest BCUT2D eigenvalue weighted by molar-refractivity contribution is 0.257. The molecule has 17 heavy (non-hydrogen) atoms. The standard InChI is InChI=1S/C13H18F2N2/c14-11-1-2-13(15)10(7-11)3-4-17-8-9-5-12(16)6-9/h1-2,7,9,12,17H,3-6,8,16H2. The monoisotopic (exact) mass is 240 g/mol.